The summed E-state index contributed by atoms with van der Waals surface area (Å²) in [6.07, 6.45) is 6.84. The van der Waals surface area contributed by atoms with Gasteiger partial charge in [0, 0.05) is 58.1 Å². The highest BCUT2D eigenvalue weighted by Gasteiger charge is 2.09. The zero-order valence-electron chi connectivity index (χ0n) is 24.3. The summed E-state index contributed by atoms with van der Waals surface area (Å²) in [6, 6.07) is 20.7. The van der Waals surface area contributed by atoms with E-state index in [1.807, 2.05) is 60.8 Å². The number of rotatable bonds is 5. The maximum atomic E-state index is 11.5. The Labute approximate surface area is 273 Å². The van der Waals surface area contributed by atoms with E-state index in [9.17, 15) is 9.59 Å². The van der Waals surface area contributed by atoms with Crippen LogP contribution < -0.4 is 11.1 Å². The minimum absolute atomic E-state index is 0.156. The van der Waals surface area contributed by atoms with Gasteiger partial charge in [-0.1, -0.05) is 47.5 Å². The Morgan fingerprint density at radius 3 is 2.00 bits per heavy atom. The first-order valence-corrected chi connectivity index (χ1v) is 14.3. The number of pyridine rings is 2. The summed E-state index contributed by atoms with van der Waals surface area (Å²) in [5, 5.41) is 13.6. The number of carbonyl (C=O) groups is 2. The summed E-state index contributed by atoms with van der Waals surface area (Å²) in [5.41, 5.74) is 12.5. The quantitative estimate of drug-likeness (QED) is 0.0862. The molecule has 46 heavy (non-hydrogen) atoms. The summed E-state index contributed by atoms with van der Waals surface area (Å²) in [6.45, 7) is 6.51. The summed E-state index contributed by atoms with van der Waals surface area (Å²) in [7, 11) is 1.25. The van der Waals surface area contributed by atoms with Gasteiger partial charge in [0.05, 0.1) is 23.2 Å². The molecular weight excluding hydrogens is 627 g/mol. The largest absolute Gasteiger partial charge is 0.468 e. The van der Waals surface area contributed by atoms with Crippen molar-refractivity contribution in [2.45, 2.75) is 6.42 Å². The number of halogens is 2. The second-order valence-corrected chi connectivity index (χ2v) is 10.3. The number of nitrogens with two attached hydrogens (primary N) is 1. The van der Waals surface area contributed by atoms with Crippen molar-refractivity contribution in [2.24, 2.45) is 0 Å². The Morgan fingerprint density at radius 2 is 1.50 bits per heavy atom. The van der Waals surface area contributed by atoms with Crippen LogP contribution >= 0.6 is 23.2 Å². The molecule has 0 aliphatic carbocycles. The molecule has 0 radical (unpaired) electrons. The second kappa shape index (κ2) is 15.7. The van der Waals surface area contributed by atoms with Gasteiger partial charge in [-0.05, 0) is 47.5 Å². The zero-order valence-corrected chi connectivity index (χ0v) is 25.9. The first-order chi connectivity index (χ1) is 22.2. The molecule has 4 aromatic heterocycles. The van der Waals surface area contributed by atoms with Crippen LogP contribution in [0.25, 0.3) is 49.2 Å². The Balaban J connectivity index is 0.000000177. The number of esters is 1. The third-order valence-electron chi connectivity index (χ3n) is 6.33. The molecule has 0 saturated carbocycles. The number of H-pyrrole nitrogens is 2. The van der Waals surface area contributed by atoms with Crippen molar-refractivity contribution in [1.82, 2.24) is 19.9 Å². The number of nitrogen functional groups attached to an aromatic ring is 1. The van der Waals surface area contributed by atoms with E-state index in [-0.39, 0.29) is 18.9 Å². The van der Waals surface area contributed by atoms with Gasteiger partial charge in [0.25, 0.3) is 6.54 Å². The highest BCUT2D eigenvalue weighted by atomic mass is 35.5. The third-order valence-corrected chi connectivity index (χ3v) is 6.96. The fourth-order valence-electron chi connectivity index (χ4n) is 4.16. The lowest BCUT2D eigenvalue weighted by Crippen LogP contribution is -2.13. The maximum Gasteiger partial charge on any atom is 0.319 e. The summed E-state index contributed by atoms with van der Waals surface area (Å²) < 4.78 is 4.13. The highest BCUT2D eigenvalue weighted by Crippen LogP contribution is 2.29. The number of amides is 1. The standard InChI is InChI=1S/C16H11ClN4O.C13H10ClN3.C4H5NO2/c1-18-9-15(22)21-12-4-2-3-10(5-12)11-6-13-14(17)8-20-16(13)19-7-11;14-12-7-17-13-11(12)5-9(6-16-13)8-2-1-3-10(15)4-8;1-7-4(6)2-3-5/h2-8H,9H2,(H,19,20)(H,21,22);1-7H,15H2,(H,16,17);2H2,1H3. The van der Waals surface area contributed by atoms with E-state index in [0.717, 1.165) is 50.0 Å². The molecule has 13 heteroatoms. The molecular formula is C33H26Cl2N8O3. The van der Waals surface area contributed by atoms with E-state index in [4.69, 9.17) is 40.8 Å². The van der Waals surface area contributed by atoms with E-state index in [1.165, 1.54) is 7.11 Å². The number of fused-ring (bicyclic) bond motifs is 2. The molecule has 6 rings (SSSR count). The number of nitrogens with zero attached hydrogens (tertiary/aromatic N) is 4. The number of nitrogens with one attached hydrogen (secondary N) is 3. The molecule has 0 spiro atoms. The van der Waals surface area contributed by atoms with Gasteiger partial charge < -0.3 is 30.6 Å². The number of aromatic nitrogens is 4. The van der Waals surface area contributed by atoms with E-state index < -0.39 is 5.97 Å². The van der Waals surface area contributed by atoms with Crippen LogP contribution in [-0.4, -0.2) is 45.5 Å². The number of anilines is 2. The van der Waals surface area contributed by atoms with Crippen LogP contribution in [0.15, 0.2) is 85.5 Å². The fraction of sp³-hybridized carbons (Fsp3) is 0.0909. The maximum absolute atomic E-state index is 11.5. The summed E-state index contributed by atoms with van der Waals surface area (Å²) >= 11 is 12.2. The smallest absolute Gasteiger partial charge is 0.319 e. The number of methoxy groups -OCH3 is 1. The number of nitriles is 1. The Bertz CT molecular complexity index is 2090. The van der Waals surface area contributed by atoms with Gasteiger partial charge in [-0.2, -0.15) is 5.26 Å². The molecule has 0 bridgehead atoms. The van der Waals surface area contributed by atoms with Crippen LogP contribution in [0, 0.1) is 17.9 Å². The Kier molecular flexibility index (Phi) is 11.3. The van der Waals surface area contributed by atoms with Crippen LogP contribution in [-0.2, 0) is 14.3 Å². The van der Waals surface area contributed by atoms with Crippen LogP contribution in [0.5, 0.6) is 0 Å². The number of carbonyl (C=O) groups excluding carboxylic acids is 2. The average Bonchev–Trinajstić information content (AvgIpc) is 3.63. The first kappa shape index (κ1) is 33.0. The molecule has 5 N–H and O–H groups in total. The number of hydrogen-bond acceptors (Lipinski definition) is 7. The second-order valence-electron chi connectivity index (χ2n) is 9.50. The number of ether oxygens (including phenoxy) is 1. The van der Waals surface area contributed by atoms with Crippen molar-refractivity contribution in [2.75, 3.05) is 24.7 Å². The summed E-state index contributed by atoms with van der Waals surface area (Å²) in [4.78, 5) is 39.2. The first-order valence-electron chi connectivity index (χ1n) is 13.5. The van der Waals surface area contributed by atoms with Crippen LogP contribution in [0.3, 0.4) is 0 Å². The topological polar surface area (TPSA) is 167 Å². The van der Waals surface area contributed by atoms with Gasteiger partial charge in [-0.3, -0.25) is 9.59 Å². The molecule has 1 amide bonds. The van der Waals surface area contributed by atoms with Gasteiger partial charge in [-0.25, -0.2) is 16.5 Å². The minimum atomic E-state index is -0.484. The lowest BCUT2D eigenvalue weighted by Gasteiger charge is -2.06. The number of aromatic amines is 2. The van der Waals surface area contributed by atoms with Crippen molar-refractivity contribution in [3.63, 3.8) is 0 Å². The molecule has 2 aromatic carbocycles. The van der Waals surface area contributed by atoms with E-state index in [0.29, 0.717) is 15.7 Å². The van der Waals surface area contributed by atoms with Crippen molar-refractivity contribution >= 4 is 68.5 Å². The zero-order chi connectivity index (χ0) is 33.1. The van der Waals surface area contributed by atoms with Crippen LogP contribution in [0.2, 0.25) is 10.0 Å². The number of hydrogen-bond donors (Lipinski definition) is 4. The van der Waals surface area contributed by atoms with Gasteiger partial charge in [-0.15, -0.1) is 0 Å². The van der Waals surface area contributed by atoms with E-state index in [2.05, 4.69) is 34.8 Å². The molecule has 0 aliphatic rings. The van der Waals surface area contributed by atoms with Crippen molar-refractivity contribution < 1.29 is 14.3 Å². The molecule has 0 saturated heterocycles. The third kappa shape index (κ3) is 8.61. The molecule has 0 fully saturated rings. The molecule has 0 aliphatic heterocycles. The van der Waals surface area contributed by atoms with E-state index >= 15 is 0 Å². The SMILES string of the molecule is COC(=O)CC#N.Nc1cccc(-c2cnc3[nH]cc(Cl)c3c2)c1.[C-]#[N+]CC(=O)Nc1cccc(-c2cnc3[nH]cc(Cl)c3c2)c1. The molecule has 0 unspecified atom stereocenters. The highest BCUT2D eigenvalue weighted by molar-refractivity contribution is 6.35. The van der Waals surface area contributed by atoms with Crippen LogP contribution in [0.1, 0.15) is 6.42 Å². The van der Waals surface area contributed by atoms with Gasteiger partial charge in [0.2, 0.25) is 0 Å². The van der Waals surface area contributed by atoms with Crippen molar-refractivity contribution in [3.05, 3.63) is 107 Å². The van der Waals surface area contributed by atoms with Gasteiger partial charge in [0.15, 0.2) is 0 Å². The molecule has 4 heterocycles. The normalized spacial score (nSPS) is 10.0. The molecule has 11 nitrogen and oxygen atoms in total. The number of benzene rings is 2. The average molecular weight is 654 g/mol. The van der Waals surface area contributed by atoms with Crippen molar-refractivity contribution in [1.29, 1.82) is 5.26 Å². The predicted octanol–water partition coefficient (Wildman–Crippen LogP) is 7.28. The van der Waals surface area contributed by atoms with Gasteiger partial charge >= 0.3 is 11.9 Å². The van der Waals surface area contributed by atoms with Gasteiger partial charge in [0.1, 0.15) is 17.7 Å². The van der Waals surface area contributed by atoms with Crippen molar-refractivity contribution in [3.8, 4) is 28.3 Å². The molecule has 230 valence electrons. The molecule has 6 aromatic rings. The van der Waals surface area contributed by atoms with Crippen LogP contribution in [0.4, 0.5) is 11.4 Å². The summed E-state index contributed by atoms with van der Waals surface area (Å²) in [5.74, 6) is -0.808. The molecule has 0 atom stereocenters. The minimum Gasteiger partial charge on any atom is -0.468 e. The Hall–Kier alpha value is -5.88. The monoisotopic (exact) mass is 652 g/mol. The Morgan fingerprint density at radius 1 is 0.935 bits per heavy atom. The predicted molar refractivity (Wildman–Crippen MR) is 180 cm³/mol. The lowest BCUT2D eigenvalue weighted by molar-refractivity contribution is -0.139. The van der Waals surface area contributed by atoms with E-state index in [1.54, 1.807) is 30.7 Å². The lowest BCUT2D eigenvalue weighted by atomic mass is 10.1. The fourth-order valence-corrected chi connectivity index (χ4v) is 4.56.